The van der Waals surface area contributed by atoms with Crippen LogP contribution in [0.2, 0.25) is 0 Å². The van der Waals surface area contributed by atoms with E-state index in [4.69, 9.17) is 10.7 Å². The van der Waals surface area contributed by atoms with Crippen LogP contribution < -0.4 is 0 Å². The standard InChI is InChI=1S/C6H3ClF2N2O5S/c7-17(15,16)2-1-3(11(13)14)10-4(5(2)12)6(8)9/h1,6,12H. The maximum atomic E-state index is 12.4. The number of aromatic hydroxyl groups is 1. The van der Waals surface area contributed by atoms with Gasteiger partial charge in [0, 0.05) is 10.7 Å². The minimum atomic E-state index is -4.60. The number of nitrogens with zero attached hydrogens (tertiary/aromatic N) is 2. The van der Waals surface area contributed by atoms with Crippen LogP contribution in [-0.4, -0.2) is 23.4 Å². The van der Waals surface area contributed by atoms with Crippen molar-refractivity contribution in [3.8, 4) is 5.75 Å². The zero-order valence-electron chi connectivity index (χ0n) is 7.67. The number of pyridine rings is 1. The van der Waals surface area contributed by atoms with E-state index in [-0.39, 0.29) is 0 Å². The third kappa shape index (κ3) is 2.77. The van der Waals surface area contributed by atoms with Crippen LogP contribution in [0.25, 0.3) is 0 Å². The molecular formula is C6H3ClF2N2O5S. The number of nitro groups is 1. The molecule has 0 aliphatic rings. The van der Waals surface area contributed by atoms with E-state index in [1.54, 1.807) is 0 Å². The first-order chi connectivity index (χ1) is 7.64. The van der Waals surface area contributed by atoms with E-state index in [1.807, 2.05) is 0 Å². The molecule has 0 bridgehead atoms. The number of aromatic nitrogens is 1. The van der Waals surface area contributed by atoms with Crippen molar-refractivity contribution in [1.82, 2.24) is 4.98 Å². The Morgan fingerprint density at radius 1 is 1.53 bits per heavy atom. The predicted octanol–water partition coefficient (Wildman–Crippen LogP) is 1.56. The van der Waals surface area contributed by atoms with Gasteiger partial charge in [-0.2, -0.15) is 0 Å². The molecule has 1 aromatic heterocycles. The van der Waals surface area contributed by atoms with Gasteiger partial charge in [0.05, 0.1) is 6.07 Å². The lowest BCUT2D eigenvalue weighted by Crippen LogP contribution is -2.02. The second-order valence-electron chi connectivity index (χ2n) is 2.71. The topological polar surface area (TPSA) is 110 Å². The summed E-state index contributed by atoms with van der Waals surface area (Å²) in [5.74, 6) is -2.56. The first kappa shape index (κ1) is 13.5. The fraction of sp³-hybridized carbons (Fsp3) is 0.167. The molecule has 0 unspecified atom stereocenters. The smallest absolute Gasteiger partial charge is 0.365 e. The Kier molecular flexibility index (Phi) is 3.48. The Hall–Kier alpha value is -1.55. The van der Waals surface area contributed by atoms with Crippen LogP contribution in [0.4, 0.5) is 14.6 Å². The van der Waals surface area contributed by atoms with Crippen molar-refractivity contribution < 1.29 is 27.2 Å². The normalized spacial score (nSPS) is 11.8. The molecule has 7 nitrogen and oxygen atoms in total. The summed E-state index contributed by atoms with van der Waals surface area (Å²) in [7, 11) is 0.233. The maximum Gasteiger partial charge on any atom is 0.365 e. The van der Waals surface area contributed by atoms with Crippen LogP contribution in [0, 0.1) is 10.1 Å². The highest BCUT2D eigenvalue weighted by molar-refractivity contribution is 8.13. The van der Waals surface area contributed by atoms with Gasteiger partial charge in [-0.1, -0.05) is 0 Å². The van der Waals surface area contributed by atoms with Crippen LogP contribution in [0.3, 0.4) is 0 Å². The summed E-state index contributed by atoms with van der Waals surface area (Å²) in [6.45, 7) is 0. The predicted molar refractivity (Wildman–Crippen MR) is 50.6 cm³/mol. The summed E-state index contributed by atoms with van der Waals surface area (Å²) in [4.78, 5) is 10.8. The van der Waals surface area contributed by atoms with Gasteiger partial charge in [-0.05, 0) is 9.91 Å². The molecule has 1 N–H and O–H groups in total. The van der Waals surface area contributed by atoms with Gasteiger partial charge in [-0.25, -0.2) is 17.2 Å². The van der Waals surface area contributed by atoms with Crippen LogP contribution in [0.15, 0.2) is 11.0 Å². The molecule has 0 fully saturated rings. The van der Waals surface area contributed by atoms with E-state index in [0.29, 0.717) is 6.07 Å². The fourth-order valence-electron chi connectivity index (χ4n) is 0.952. The monoisotopic (exact) mass is 288 g/mol. The zero-order chi connectivity index (χ0) is 13.4. The van der Waals surface area contributed by atoms with Gasteiger partial charge < -0.3 is 15.2 Å². The first-order valence-corrected chi connectivity index (χ1v) is 6.06. The van der Waals surface area contributed by atoms with E-state index in [0.717, 1.165) is 0 Å². The van der Waals surface area contributed by atoms with Crippen molar-refractivity contribution in [1.29, 1.82) is 0 Å². The second kappa shape index (κ2) is 4.37. The van der Waals surface area contributed by atoms with Gasteiger partial charge in [0.25, 0.3) is 14.7 Å². The highest BCUT2D eigenvalue weighted by Gasteiger charge is 2.31. The van der Waals surface area contributed by atoms with Gasteiger partial charge in [0.15, 0.2) is 5.75 Å². The number of hydrogen-bond donors (Lipinski definition) is 1. The highest BCUT2D eigenvalue weighted by Crippen LogP contribution is 2.36. The van der Waals surface area contributed by atoms with Gasteiger partial charge in [0.2, 0.25) is 0 Å². The van der Waals surface area contributed by atoms with Crippen molar-refractivity contribution >= 4 is 25.6 Å². The largest absolute Gasteiger partial charge is 0.503 e. The Morgan fingerprint density at radius 3 is 2.41 bits per heavy atom. The van der Waals surface area contributed by atoms with Crippen LogP contribution >= 0.6 is 10.7 Å². The molecule has 0 aliphatic heterocycles. The molecule has 0 saturated carbocycles. The molecule has 0 aromatic carbocycles. The van der Waals surface area contributed by atoms with Gasteiger partial charge in [-0.15, -0.1) is 0 Å². The lowest BCUT2D eigenvalue weighted by atomic mass is 10.3. The van der Waals surface area contributed by atoms with Crippen LogP contribution in [-0.2, 0) is 9.05 Å². The summed E-state index contributed by atoms with van der Waals surface area (Å²) >= 11 is 0. The Labute approximate surface area is 97.2 Å². The molecular weight excluding hydrogens is 286 g/mol. The quantitative estimate of drug-likeness (QED) is 0.513. The molecule has 0 amide bonds. The Morgan fingerprint density at radius 2 is 2.06 bits per heavy atom. The number of rotatable bonds is 3. The molecule has 17 heavy (non-hydrogen) atoms. The number of alkyl halides is 2. The van der Waals surface area contributed by atoms with Crippen LogP contribution in [0.5, 0.6) is 5.75 Å². The molecule has 0 saturated heterocycles. The summed E-state index contributed by atoms with van der Waals surface area (Å²) in [5, 5.41) is 19.5. The Bertz CT molecular complexity index is 576. The summed E-state index contributed by atoms with van der Waals surface area (Å²) in [6, 6.07) is 0.295. The third-order valence-corrected chi connectivity index (χ3v) is 2.96. The zero-order valence-corrected chi connectivity index (χ0v) is 9.24. The third-order valence-electron chi connectivity index (χ3n) is 1.63. The molecule has 0 atom stereocenters. The van der Waals surface area contributed by atoms with Gasteiger partial charge in [0.1, 0.15) is 4.90 Å². The second-order valence-corrected chi connectivity index (χ2v) is 5.24. The molecule has 1 heterocycles. The molecule has 0 aliphatic carbocycles. The van der Waals surface area contributed by atoms with Gasteiger partial charge >= 0.3 is 12.2 Å². The molecule has 1 aromatic rings. The summed E-state index contributed by atoms with van der Waals surface area (Å²) in [6.07, 6.45) is -3.38. The molecule has 0 spiro atoms. The van der Waals surface area contributed by atoms with Crippen molar-refractivity contribution in [2.45, 2.75) is 11.3 Å². The van der Waals surface area contributed by atoms with E-state index >= 15 is 0 Å². The van der Waals surface area contributed by atoms with Crippen molar-refractivity contribution in [2.75, 3.05) is 0 Å². The average molecular weight is 289 g/mol. The minimum Gasteiger partial charge on any atom is -0.503 e. The van der Waals surface area contributed by atoms with E-state index in [2.05, 4.69) is 4.98 Å². The SMILES string of the molecule is O=[N+]([O-])c1cc(S(=O)(=O)Cl)c(O)c(C(F)F)n1. The minimum absolute atomic E-state index is 0.295. The van der Waals surface area contributed by atoms with Crippen LogP contribution in [0.1, 0.15) is 12.1 Å². The fourth-order valence-corrected chi connectivity index (χ4v) is 1.89. The molecule has 1 rings (SSSR count). The maximum absolute atomic E-state index is 12.4. The van der Waals surface area contributed by atoms with Crippen molar-refractivity contribution in [2.24, 2.45) is 0 Å². The molecule has 94 valence electrons. The summed E-state index contributed by atoms with van der Waals surface area (Å²) < 4.78 is 46.5. The lowest BCUT2D eigenvalue weighted by molar-refractivity contribution is -0.390. The van der Waals surface area contributed by atoms with E-state index in [9.17, 15) is 32.4 Å². The molecule has 0 radical (unpaired) electrons. The van der Waals surface area contributed by atoms with E-state index < -0.39 is 42.6 Å². The molecule has 11 heteroatoms. The average Bonchev–Trinajstić information content (AvgIpc) is 2.15. The van der Waals surface area contributed by atoms with Crippen molar-refractivity contribution in [3.63, 3.8) is 0 Å². The van der Waals surface area contributed by atoms with Crippen molar-refractivity contribution in [3.05, 3.63) is 21.9 Å². The van der Waals surface area contributed by atoms with E-state index in [1.165, 1.54) is 0 Å². The summed E-state index contributed by atoms with van der Waals surface area (Å²) in [5.41, 5.74) is -1.42. The highest BCUT2D eigenvalue weighted by atomic mass is 35.7. The number of hydrogen-bond acceptors (Lipinski definition) is 6. The number of halogens is 3. The van der Waals surface area contributed by atoms with Gasteiger partial charge in [-0.3, -0.25) is 0 Å². The lowest BCUT2D eigenvalue weighted by Gasteiger charge is -2.03. The first-order valence-electron chi connectivity index (χ1n) is 3.75. The Balaban J connectivity index is 3.67.